The van der Waals surface area contributed by atoms with Crippen LogP contribution in [0, 0.1) is 0 Å². The zero-order valence-electron chi connectivity index (χ0n) is 10.8. The lowest BCUT2D eigenvalue weighted by molar-refractivity contribution is 0.297. The van der Waals surface area contributed by atoms with Crippen LogP contribution in [0.3, 0.4) is 0 Å². The van der Waals surface area contributed by atoms with Crippen molar-refractivity contribution in [2.45, 2.75) is 13.0 Å². The maximum Gasteiger partial charge on any atom is 0.161 e. The predicted molar refractivity (Wildman–Crippen MR) is 75.9 cm³/mol. The molecular weight excluding hydrogens is 260 g/mol. The summed E-state index contributed by atoms with van der Waals surface area (Å²) in [7, 11) is 1.94. The standard InChI is InChI=1S/C14H16N2O2S/c1-15-8-11-9-16-14(19-11)10-3-4-12-13(7-10)18-6-2-5-17-12/h3-4,7,9,15H,2,5-6,8H2,1H3. The Morgan fingerprint density at radius 1 is 1.26 bits per heavy atom. The summed E-state index contributed by atoms with van der Waals surface area (Å²) in [4.78, 5) is 5.69. The minimum Gasteiger partial charge on any atom is -0.490 e. The second kappa shape index (κ2) is 5.59. The molecule has 0 unspecified atom stereocenters. The van der Waals surface area contributed by atoms with Gasteiger partial charge in [-0.25, -0.2) is 4.98 Å². The fourth-order valence-electron chi connectivity index (χ4n) is 1.99. The normalized spacial score (nSPS) is 14.2. The van der Waals surface area contributed by atoms with Gasteiger partial charge in [0.05, 0.1) is 13.2 Å². The molecule has 0 bridgehead atoms. The average molecular weight is 276 g/mol. The Bertz CT molecular complexity index is 568. The van der Waals surface area contributed by atoms with Crippen molar-refractivity contribution in [1.82, 2.24) is 10.3 Å². The summed E-state index contributed by atoms with van der Waals surface area (Å²) < 4.78 is 11.3. The highest BCUT2D eigenvalue weighted by molar-refractivity contribution is 7.15. The summed E-state index contributed by atoms with van der Waals surface area (Å²) >= 11 is 1.70. The molecule has 0 saturated heterocycles. The number of rotatable bonds is 3. The van der Waals surface area contributed by atoms with Gasteiger partial charge in [-0.2, -0.15) is 0 Å². The molecule has 4 nitrogen and oxygen atoms in total. The van der Waals surface area contributed by atoms with Gasteiger partial charge in [-0.3, -0.25) is 0 Å². The molecule has 5 heteroatoms. The number of aromatic nitrogens is 1. The van der Waals surface area contributed by atoms with Crippen LogP contribution in [0.1, 0.15) is 11.3 Å². The molecule has 1 aromatic carbocycles. The van der Waals surface area contributed by atoms with Crippen molar-refractivity contribution >= 4 is 11.3 Å². The molecule has 19 heavy (non-hydrogen) atoms. The van der Waals surface area contributed by atoms with Crippen LogP contribution in [0.4, 0.5) is 0 Å². The molecule has 2 heterocycles. The third-order valence-electron chi connectivity index (χ3n) is 2.90. The van der Waals surface area contributed by atoms with E-state index in [1.165, 1.54) is 4.88 Å². The van der Waals surface area contributed by atoms with Crippen LogP contribution in [0.2, 0.25) is 0 Å². The lowest BCUT2D eigenvalue weighted by Gasteiger charge is -2.07. The first-order chi connectivity index (χ1) is 9.36. The Kier molecular flexibility index (Phi) is 3.66. The quantitative estimate of drug-likeness (QED) is 0.936. The van der Waals surface area contributed by atoms with Gasteiger partial charge >= 0.3 is 0 Å². The molecule has 0 atom stereocenters. The van der Waals surface area contributed by atoms with Crippen molar-refractivity contribution in [2.24, 2.45) is 0 Å². The molecule has 0 spiro atoms. The van der Waals surface area contributed by atoms with E-state index in [1.54, 1.807) is 11.3 Å². The molecule has 0 saturated carbocycles. The number of fused-ring (bicyclic) bond motifs is 1. The van der Waals surface area contributed by atoms with E-state index in [9.17, 15) is 0 Å². The van der Waals surface area contributed by atoms with Gasteiger partial charge in [0.2, 0.25) is 0 Å². The van der Waals surface area contributed by atoms with Gasteiger partial charge in [-0.15, -0.1) is 11.3 Å². The van der Waals surface area contributed by atoms with Gasteiger partial charge in [0, 0.05) is 29.6 Å². The summed E-state index contributed by atoms with van der Waals surface area (Å²) in [6, 6.07) is 6.02. The Morgan fingerprint density at radius 2 is 2.11 bits per heavy atom. The van der Waals surface area contributed by atoms with Crippen LogP contribution < -0.4 is 14.8 Å². The zero-order chi connectivity index (χ0) is 13.1. The number of ether oxygens (including phenoxy) is 2. The zero-order valence-corrected chi connectivity index (χ0v) is 11.6. The van der Waals surface area contributed by atoms with E-state index in [0.29, 0.717) is 6.61 Å². The highest BCUT2D eigenvalue weighted by Gasteiger charge is 2.13. The molecule has 1 aromatic heterocycles. The third kappa shape index (κ3) is 2.72. The van der Waals surface area contributed by atoms with Crippen LogP contribution in [-0.2, 0) is 6.54 Å². The van der Waals surface area contributed by atoms with Crippen molar-refractivity contribution in [1.29, 1.82) is 0 Å². The van der Waals surface area contributed by atoms with Gasteiger partial charge in [0.25, 0.3) is 0 Å². The Morgan fingerprint density at radius 3 is 2.95 bits per heavy atom. The van der Waals surface area contributed by atoms with E-state index >= 15 is 0 Å². The fraction of sp³-hybridized carbons (Fsp3) is 0.357. The van der Waals surface area contributed by atoms with Gasteiger partial charge in [-0.1, -0.05) is 0 Å². The Labute approximate surface area is 116 Å². The molecule has 0 aliphatic carbocycles. The van der Waals surface area contributed by atoms with Crippen molar-refractivity contribution < 1.29 is 9.47 Å². The average Bonchev–Trinajstić information content (AvgIpc) is 2.76. The number of thiazole rings is 1. The van der Waals surface area contributed by atoms with E-state index in [1.807, 2.05) is 31.4 Å². The van der Waals surface area contributed by atoms with E-state index in [4.69, 9.17) is 9.47 Å². The lowest BCUT2D eigenvalue weighted by atomic mass is 10.2. The summed E-state index contributed by atoms with van der Waals surface area (Å²) in [5, 5.41) is 4.15. The number of hydrogen-bond donors (Lipinski definition) is 1. The topological polar surface area (TPSA) is 43.4 Å². The number of hydrogen-bond acceptors (Lipinski definition) is 5. The molecule has 100 valence electrons. The van der Waals surface area contributed by atoms with Gasteiger partial charge in [0.15, 0.2) is 11.5 Å². The maximum absolute atomic E-state index is 5.70. The van der Waals surface area contributed by atoms with Gasteiger partial charge in [0.1, 0.15) is 5.01 Å². The first kappa shape index (κ1) is 12.4. The second-order valence-electron chi connectivity index (χ2n) is 4.37. The van der Waals surface area contributed by atoms with Gasteiger partial charge in [-0.05, 0) is 25.2 Å². The molecule has 0 amide bonds. The first-order valence-electron chi connectivity index (χ1n) is 6.36. The smallest absolute Gasteiger partial charge is 0.161 e. The van der Waals surface area contributed by atoms with Crippen molar-refractivity contribution in [3.63, 3.8) is 0 Å². The summed E-state index contributed by atoms with van der Waals surface area (Å²) in [5.74, 6) is 1.65. The van der Waals surface area contributed by atoms with E-state index in [0.717, 1.165) is 41.6 Å². The largest absolute Gasteiger partial charge is 0.490 e. The molecule has 1 aliphatic heterocycles. The molecule has 0 radical (unpaired) electrons. The van der Waals surface area contributed by atoms with Crippen LogP contribution in [0.5, 0.6) is 11.5 Å². The minimum absolute atomic E-state index is 0.708. The minimum atomic E-state index is 0.708. The predicted octanol–water partition coefficient (Wildman–Crippen LogP) is 2.69. The fourth-order valence-corrected chi connectivity index (χ4v) is 2.91. The summed E-state index contributed by atoms with van der Waals surface area (Å²) in [5.41, 5.74) is 1.08. The molecule has 3 rings (SSSR count). The van der Waals surface area contributed by atoms with E-state index in [2.05, 4.69) is 10.3 Å². The summed E-state index contributed by atoms with van der Waals surface area (Å²) in [6.45, 7) is 2.28. The molecule has 1 N–H and O–H groups in total. The molecule has 0 fully saturated rings. The van der Waals surface area contributed by atoms with Gasteiger partial charge < -0.3 is 14.8 Å². The van der Waals surface area contributed by atoms with E-state index in [-0.39, 0.29) is 0 Å². The second-order valence-corrected chi connectivity index (χ2v) is 5.49. The Balaban J connectivity index is 1.89. The molecule has 1 aliphatic rings. The highest BCUT2D eigenvalue weighted by Crippen LogP contribution is 2.35. The number of nitrogens with zero attached hydrogens (tertiary/aromatic N) is 1. The van der Waals surface area contributed by atoms with Crippen molar-refractivity contribution in [2.75, 3.05) is 20.3 Å². The van der Waals surface area contributed by atoms with Crippen LogP contribution in [-0.4, -0.2) is 25.2 Å². The third-order valence-corrected chi connectivity index (χ3v) is 3.95. The first-order valence-corrected chi connectivity index (χ1v) is 7.18. The van der Waals surface area contributed by atoms with E-state index < -0.39 is 0 Å². The highest BCUT2D eigenvalue weighted by atomic mass is 32.1. The lowest BCUT2D eigenvalue weighted by Crippen LogP contribution is -2.02. The summed E-state index contributed by atoms with van der Waals surface area (Å²) in [6.07, 6.45) is 2.84. The SMILES string of the molecule is CNCc1cnc(-c2ccc3c(c2)OCCCO3)s1. The molecular formula is C14H16N2O2S. The number of nitrogens with one attached hydrogen (secondary N) is 1. The van der Waals surface area contributed by atoms with Crippen LogP contribution >= 0.6 is 11.3 Å². The number of benzene rings is 1. The molecule has 2 aromatic rings. The van der Waals surface area contributed by atoms with Crippen LogP contribution in [0.15, 0.2) is 24.4 Å². The maximum atomic E-state index is 5.70. The van der Waals surface area contributed by atoms with Crippen molar-refractivity contribution in [3.8, 4) is 22.1 Å². The van der Waals surface area contributed by atoms with Crippen LogP contribution in [0.25, 0.3) is 10.6 Å². The van der Waals surface area contributed by atoms with Crippen molar-refractivity contribution in [3.05, 3.63) is 29.3 Å². The Hall–Kier alpha value is -1.59. The monoisotopic (exact) mass is 276 g/mol.